The molecule has 2 saturated carbocycles. The number of fused-ring (bicyclic) bond motifs is 5. The summed E-state index contributed by atoms with van der Waals surface area (Å²) in [6, 6.07) is 0. The first-order valence-corrected chi connectivity index (χ1v) is 23.5. The maximum atomic E-state index is 16.5. The summed E-state index contributed by atoms with van der Waals surface area (Å²) in [6.45, 7) is 4.62. The molecule has 4 rings (SSSR count). The van der Waals surface area contributed by atoms with Crippen molar-refractivity contribution in [2.75, 3.05) is 0 Å². The fourth-order valence-electron chi connectivity index (χ4n) is 10.2. The van der Waals surface area contributed by atoms with Crippen molar-refractivity contribution in [1.82, 2.24) is 0 Å². The van der Waals surface area contributed by atoms with E-state index in [1.807, 2.05) is 0 Å². The van der Waals surface area contributed by atoms with Crippen molar-refractivity contribution in [1.29, 1.82) is 0 Å². The van der Waals surface area contributed by atoms with Gasteiger partial charge in [-0.2, -0.15) is 0 Å². The Labute approximate surface area is 287 Å². The maximum Gasteiger partial charge on any atom is 0.107 e. The molecule has 3 nitrogen and oxygen atoms in total. The van der Waals surface area contributed by atoms with Crippen molar-refractivity contribution in [3.8, 4) is 0 Å². The van der Waals surface area contributed by atoms with Crippen molar-refractivity contribution in [3.63, 3.8) is 0 Å². The molecule has 0 aromatic heterocycles. The zero-order valence-corrected chi connectivity index (χ0v) is 31.9. The van der Waals surface area contributed by atoms with Gasteiger partial charge in [0.2, 0.25) is 0 Å². The van der Waals surface area contributed by atoms with Crippen LogP contribution in [0.2, 0.25) is 0 Å². The van der Waals surface area contributed by atoms with Gasteiger partial charge in [-0.15, -0.1) is 0 Å². The third-order valence-corrected chi connectivity index (χ3v) is 17.7. The van der Waals surface area contributed by atoms with Crippen LogP contribution in [0.15, 0.2) is 0 Å². The third-order valence-electron chi connectivity index (χ3n) is 12.8. The van der Waals surface area contributed by atoms with Crippen LogP contribution in [0.4, 0.5) is 0 Å². The van der Waals surface area contributed by atoms with Crippen LogP contribution in [0.3, 0.4) is 0 Å². The average molecular weight is 663 g/mol. The molecule has 2 saturated heterocycles. The summed E-state index contributed by atoms with van der Waals surface area (Å²) in [5, 5.41) is 0. The fraction of sp³-hybridized carbons (Fsp3) is 1.00. The highest BCUT2D eigenvalue weighted by Crippen LogP contribution is 2.71. The summed E-state index contributed by atoms with van der Waals surface area (Å²) in [6.07, 6.45) is 44.0. The number of hydrogen-bond acceptors (Lipinski definition) is 3. The molecule has 2 aliphatic carbocycles. The van der Waals surface area contributed by atoms with E-state index in [4.69, 9.17) is 9.47 Å². The minimum Gasteiger partial charge on any atom is -0.374 e. The zero-order valence-electron chi connectivity index (χ0n) is 31.0. The quantitative estimate of drug-likeness (QED) is 0.182. The summed E-state index contributed by atoms with van der Waals surface area (Å²) in [5.74, 6) is 0. The van der Waals surface area contributed by atoms with E-state index >= 15 is 4.57 Å². The summed E-state index contributed by atoms with van der Waals surface area (Å²) >= 11 is 0. The molecule has 46 heavy (non-hydrogen) atoms. The second-order valence-corrected chi connectivity index (χ2v) is 19.9. The zero-order chi connectivity index (χ0) is 32.3. The Morgan fingerprint density at radius 3 is 1.30 bits per heavy atom. The number of ether oxygens (including phenoxy) is 2. The number of hydrogen-bond donors (Lipinski definition) is 0. The Bertz CT molecular complexity index is 797. The molecule has 2 aliphatic heterocycles. The minimum absolute atomic E-state index is 0.0686. The van der Waals surface area contributed by atoms with E-state index < -0.39 is 7.14 Å². The van der Waals surface area contributed by atoms with Gasteiger partial charge in [-0.25, -0.2) is 0 Å². The van der Waals surface area contributed by atoms with Gasteiger partial charge in [-0.05, 0) is 39.0 Å². The first-order valence-electron chi connectivity index (χ1n) is 21.6. The largest absolute Gasteiger partial charge is 0.374 e. The molecular formula is C42H79O3P. The minimum atomic E-state index is -2.57. The molecule has 7 unspecified atom stereocenters. The lowest BCUT2D eigenvalue weighted by Gasteiger charge is -2.57. The summed E-state index contributed by atoms with van der Waals surface area (Å²) in [4.78, 5) is 0. The van der Waals surface area contributed by atoms with Crippen LogP contribution in [-0.2, 0) is 14.0 Å². The van der Waals surface area contributed by atoms with Crippen molar-refractivity contribution in [3.05, 3.63) is 0 Å². The lowest BCUT2D eigenvalue weighted by molar-refractivity contribution is -0.0963. The molecule has 4 fully saturated rings. The van der Waals surface area contributed by atoms with Crippen molar-refractivity contribution in [2.24, 2.45) is 0 Å². The Morgan fingerprint density at radius 2 is 0.848 bits per heavy atom. The molecule has 0 amide bonds. The monoisotopic (exact) mass is 663 g/mol. The lowest BCUT2D eigenvalue weighted by atomic mass is 9.96. The van der Waals surface area contributed by atoms with E-state index in [1.165, 1.54) is 180 Å². The Morgan fingerprint density at radius 1 is 0.478 bits per heavy atom. The topological polar surface area (TPSA) is 35.5 Å². The highest BCUT2D eigenvalue weighted by molar-refractivity contribution is 7.66. The summed E-state index contributed by atoms with van der Waals surface area (Å²) in [5.41, 5.74) is 0.665. The molecule has 0 aromatic rings. The van der Waals surface area contributed by atoms with Gasteiger partial charge in [0.05, 0.1) is 30.1 Å². The van der Waals surface area contributed by atoms with E-state index in [2.05, 4.69) is 13.8 Å². The van der Waals surface area contributed by atoms with Gasteiger partial charge in [0.25, 0.3) is 0 Å². The highest BCUT2D eigenvalue weighted by Gasteiger charge is 2.61. The highest BCUT2D eigenvalue weighted by atomic mass is 31.2. The molecule has 4 aliphatic rings. The normalized spacial score (nSPS) is 36.7. The molecule has 270 valence electrons. The van der Waals surface area contributed by atoms with Gasteiger partial charge in [0.1, 0.15) is 7.14 Å². The smallest absolute Gasteiger partial charge is 0.107 e. The van der Waals surface area contributed by atoms with Crippen LogP contribution in [0.5, 0.6) is 0 Å². The molecule has 0 N–H and O–H groups in total. The van der Waals surface area contributed by atoms with E-state index in [-0.39, 0.29) is 41.4 Å². The second-order valence-electron chi connectivity index (χ2n) is 16.5. The molecule has 0 spiro atoms. The van der Waals surface area contributed by atoms with Crippen LogP contribution >= 0.6 is 7.14 Å². The third kappa shape index (κ3) is 12.2. The van der Waals surface area contributed by atoms with Gasteiger partial charge < -0.3 is 14.0 Å². The van der Waals surface area contributed by atoms with Crippen LogP contribution in [-0.4, -0.2) is 41.4 Å². The standard InChI is InChI=1S/C42H79O3P/c1-3-4-5-6-7-16-23-28-33-39-42-36(2)44-37-31-26-21-17-12-8-10-14-19-24-29-34-40(37)46(42,43)41-35-30-25-20-15-11-9-13-18-22-27-32-38(41)45-39/h36-42H,3-35H2,1-2H3/t36-,37?,38?,39?,40?,41?,42?,46?/m0/s1. The Hall–Kier alpha value is 0.150. The van der Waals surface area contributed by atoms with Gasteiger partial charge in [-0.1, -0.05) is 187 Å². The fourth-order valence-corrected chi connectivity index (χ4v) is 15.7. The van der Waals surface area contributed by atoms with E-state index in [0.29, 0.717) is 0 Å². The van der Waals surface area contributed by atoms with Crippen molar-refractivity contribution < 1.29 is 14.0 Å². The van der Waals surface area contributed by atoms with Gasteiger partial charge in [0.15, 0.2) is 0 Å². The maximum absolute atomic E-state index is 16.5. The van der Waals surface area contributed by atoms with Gasteiger partial charge >= 0.3 is 0 Å². The molecule has 0 radical (unpaired) electrons. The van der Waals surface area contributed by atoms with Gasteiger partial charge in [-0.3, -0.25) is 0 Å². The molecule has 4 heteroatoms. The summed E-state index contributed by atoms with van der Waals surface area (Å²) < 4.78 is 30.9. The van der Waals surface area contributed by atoms with E-state index in [0.717, 1.165) is 32.1 Å². The van der Waals surface area contributed by atoms with Crippen LogP contribution in [0.1, 0.15) is 226 Å². The summed E-state index contributed by atoms with van der Waals surface area (Å²) in [7, 11) is -2.57. The van der Waals surface area contributed by atoms with Crippen molar-refractivity contribution in [2.45, 2.75) is 267 Å². The molecule has 0 aromatic carbocycles. The van der Waals surface area contributed by atoms with E-state index in [1.54, 1.807) is 0 Å². The second kappa shape index (κ2) is 22.8. The Kier molecular flexibility index (Phi) is 19.3. The number of rotatable bonds is 9. The van der Waals surface area contributed by atoms with Crippen molar-refractivity contribution >= 4 is 7.14 Å². The van der Waals surface area contributed by atoms with Gasteiger partial charge in [0, 0.05) is 11.3 Å². The lowest BCUT2D eigenvalue weighted by Crippen LogP contribution is -2.59. The first kappa shape index (κ1) is 38.9. The molecule has 8 atom stereocenters. The number of unbranched alkanes of at least 4 members (excludes halogenated alkanes) is 7. The van der Waals surface area contributed by atoms with Crippen LogP contribution in [0, 0.1) is 0 Å². The first-order chi connectivity index (χ1) is 22.7. The molecular weight excluding hydrogens is 583 g/mol. The molecule has 0 bridgehead atoms. The van der Waals surface area contributed by atoms with Crippen LogP contribution in [0.25, 0.3) is 0 Å². The predicted octanol–water partition coefficient (Wildman–Crippen LogP) is 13.9. The van der Waals surface area contributed by atoms with Crippen LogP contribution < -0.4 is 0 Å². The average Bonchev–Trinajstić information content (AvgIpc) is 3.04. The predicted molar refractivity (Wildman–Crippen MR) is 200 cm³/mol. The SMILES string of the molecule is CCCCCCCCCCC1OC2CCCCCCCCCCCCC2P2(=O)C3CCCCCCCCCCCCC3O[C@@H](C)C12. The molecule has 2 heterocycles. The Balaban J connectivity index is 1.56. The van der Waals surface area contributed by atoms with E-state index in [9.17, 15) is 0 Å².